The summed E-state index contributed by atoms with van der Waals surface area (Å²) in [6, 6.07) is 3.94. The van der Waals surface area contributed by atoms with Gasteiger partial charge in [-0.1, -0.05) is 15.9 Å². The van der Waals surface area contributed by atoms with Crippen LogP contribution in [0, 0.1) is 5.82 Å². The number of hydrogen-bond donors (Lipinski definition) is 1. The zero-order valence-electron chi connectivity index (χ0n) is 6.46. The van der Waals surface area contributed by atoms with Gasteiger partial charge < -0.3 is 9.84 Å². The third kappa shape index (κ3) is 2.78. The summed E-state index contributed by atoms with van der Waals surface area (Å²) < 4.78 is 18.0. The quantitative estimate of drug-likeness (QED) is 0.638. The Morgan fingerprint density at radius 1 is 1.62 bits per heavy atom. The second-order valence-electron chi connectivity index (χ2n) is 2.21. The van der Waals surface area contributed by atoms with Crippen molar-refractivity contribution in [3.05, 3.63) is 28.5 Å². The van der Waals surface area contributed by atoms with Crippen LogP contribution in [0.4, 0.5) is 4.39 Å². The Balaban J connectivity index is 2.87. The fourth-order valence-corrected chi connectivity index (χ4v) is 1.05. The Kier molecular flexibility index (Phi) is 3.39. The van der Waals surface area contributed by atoms with Gasteiger partial charge in [-0.3, -0.25) is 0 Å². The van der Waals surface area contributed by atoms with Crippen molar-refractivity contribution in [2.75, 3.05) is 6.61 Å². The van der Waals surface area contributed by atoms with Gasteiger partial charge in [-0.2, -0.15) is 0 Å². The van der Waals surface area contributed by atoms with Crippen molar-refractivity contribution in [3.8, 4) is 5.75 Å². The maximum atomic E-state index is 12.9. The number of rotatable bonds is 2. The van der Waals surface area contributed by atoms with Crippen LogP contribution in [0.3, 0.4) is 0 Å². The van der Waals surface area contributed by atoms with E-state index in [1.165, 1.54) is 12.1 Å². The van der Waals surface area contributed by atoms with E-state index in [1.807, 2.05) is 0 Å². The van der Waals surface area contributed by atoms with Crippen LogP contribution in [0.25, 0.3) is 0 Å². The molecule has 1 aromatic rings. The van der Waals surface area contributed by atoms with Gasteiger partial charge in [0.1, 0.15) is 6.61 Å². The van der Waals surface area contributed by atoms with E-state index in [9.17, 15) is 9.18 Å². The molecule has 13 heavy (non-hydrogen) atoms. The molecule has 1 aromatic carbocycles. The van der Waals surface area contributed by atoms with Gasteiger partial charge in [0, 0.05) is 4.47 Å². The Morgan fingerprint density at radius 2 is 2.31 bits per heavy atom. The smallest absolute Gasteiger partial charge is 0.337 e. The third-order valence-corrected chi connectivity index (χ3v) is 1.74. The Hall–Kier alpha value is -0.940. The number of benzene rings is 1. The predicted octanol–water partition coefficient (Wildman–Crippen LogP) is 1.49. The summed E-state index contributed by atoms with van der Waals surface area (Å²) in [5.74, 6) is -1.74. The molecule has 5 heteroatoms. The number of esters is 1. The summed E-state index contributed by atoms with van der Waals surface area (Å²) in [5, 5.41) is 8.35. The molecular weight excluding hydrogens is 243 g/mol. The maximum Gasteiger partial charge on any atom is 0.337 e. The van der Waals surface area contributed by atoms with E-state index < -0.39 is 18.4 Å². The molecule has 0 aliphatic carbocycles. The minimum Gasteiger partial charge on any atom is -0.422 e. The van der Waals surface area contributed by atoms with Gasteiger partial charge in [-0.15, -0.1) is 0 Å². The lowest BCUT2D eigenvalue weighted by Crippen LogP contribution is -2.12. The van der Waals surface area contributed by atoms with Crippen LogP contribution in [-0.4, -0.2) is 17.7 Å². The Labute approximate surface area is 82.3 Å². The maximum absolute atomic E-state index is 12.9. The van der Waals surface area contributed by atoms with Crippen molar-refractivity contribution in [2.45, 2.75) is 0 Å². The van der Waals surface area contributed by atoms with Gasteiger partial charge in [0.25, 0.3) is 0 Å². The highest BCUT2D eigenvalue weighted by molar-refractivity contribution is 9.10. The zero-order valence-corrected chi connectivity index (χ0v) is 8.04. The number of carbonyl (C=O) groups excluding carboxylic acids is 1. The molecule has 0 fully saturated rings. The van der Waals surface area contributed by atoms with Crippen molar-refractivity contribution in [1.29, 1.82) is 0 Å². The Bertz CT molecular complexity index is 327. The number of halogens is 2. The summed E-state index contributed by atoms with van der Waals surface area (Å²) in [4.78, 5) is 10.6. The van der Waals surface area contributed by atoms with Crippen molar-refractivity contribution in [1.82, 2.24) is 0 Å². The topological polar surface area (TPSA) is 46.5 Å². The molecule has 0 unspecified atom stereocenters. The van der Waals surface area contributed by atoms with Gasteiger partial charge >= 0.3 is 5.97 Å². The van der Waals surface area contributed by atoms with E-state index >= 15 is 0 Å². The van der Waals surface area contributed by atoms with Crippen LogP contribution < -0.4 is 4.74 Å². The highest BCUT2D eigenvalue weighted by atomic mass is 79.9. The van der Waals surface area contributed by atoms with Crippen LogP contribution in [0.15, 0.2) is 22.7 Å². The molecule has 0 saturated heterocycles. The van der Waals surface area contributed by atoms with Gasteiger partial charge in [0.05, 0.1) is 0 Å². The van der Waals surface area contributed by atoms with E-state index in [0.29, 0.717) is 4.47 Å². The van der Waals surface area contributed by atoms with Gasteiger partial charge in [0.2, 0.25) is 0 Å². The van der Waals surface area contributed by atoms with E-state index in [1.54, 1.807) is 0 Å². The van der Waals surface area contributed by atoms with E-state index in [0.717, 1.165) is 6.07 Å². The fraction of sp³-hybridized carbons (Fsp3) is 0.125. The molecule has 0 aliphatic heterocycles. The molecule has 70 valence electrons. The molecule has 0 heterocycles. The number of aliphatic hydroxyl groups excluding tert-OH is 1. The van der Waals surface area contributed by atoms with Crippen LogP contribution in [0.2, 0.25) is 0 Å². The monoisotopic (exact) mass is 248 g/mol. The molecule has 0 atom stereocenters. The Morgan fingerprint density at radius 3 is 2.92 bits per heavy atom. The van der Waals surface area contributed by atoms with Crippen LogP contribution >= 0.6 is 15.9 Å². The third-order valence-electron chi connectivity index (χ3n) is 1.25. The minimum absolute atomic E-state index is 0.201. The standard InChI is InChI=1S/C8H6BrFO3/c9-5-1-2-6(10)7(3-5)13-8(12)4-11/h1-3,11H,4H2. The minimum atomic E-state index is -0.892. The largest absolute Gasteiger partial charge is 0.422 e. The second-order valence-corrected chi connectivity index (χ2v) is 3.12. The predicted molar refractivity (Wildman–Crippen MR) is 46.8 cm³/mol. The summed E-state index contributed by atoms with van der Waals surface area (Å²) in [7, 11) is 0. The molecule has 0 radical (unpaired) electrons. The van der Waals surface area contributed by atoms with Gasteiger partial charge in [-0.25, -0.2) is 9.18 Å². The van der Waals surface area contributed by atoms with Crippen LogP contribution in [0.5, 0.6) is 5.75 Å². The van der Waals surface area contributed by atoms with Crippen LogP contribution in [0.1, 0.15) is 0 Å². The van der Waals surface area contributed by atoms with E-state index in [4.69, 9.17) is 5.11 Å². The van der Waals surface area contributed by atoms with Crippen molar-refractivity contribution < 1.29 is 19.0 Å². The lowest BCUT2D eigenvalue weighted by atomic mass is 10.3. The SMILES string of the molecule is O=C(CO)Oc1cc(Br)ccc1F. The first kappa shape index (κ1) is 10.1. The highest BCUT2D eigenvalue weighted by Gasteiger charge is 2.08. The number of ether oxygens (including phenoxy) is 1. The molecule has 0 saturated carbocycles. The summed E-state index contributed by atoms with van der Waals surface area (Å²) >= 11 is 3.09. The van der Waals surface area contributed by atoms with Crippen molar-refractivity contribution in [2.24, 2.45) is 0 Å². The molecule has 0 aliphatic rings. The molecule has 0 bridgehead atoms. The molecule has 0 aromatic heterocycles. The summed E-state index contributed by atoms with van der Waals surface area (Å²) in [5.41, 5.74) is 0. The molecule has 0 amide bonds. The fourth-order valence-electron chi connectivity index (χ4n) is 0.710. The first-order chi connectivity index (χ1) is 6.13. The molecular formula is C8H6BrFO3. The summed E-state index contributed by atoms with van der Waals surface area (Å²) in [6.07, 6.45) is 0. The molecule has 1 N–H and O–H groups in total. The number of carbonyl (C=O) groups is 1. The average molecular weight is 249 g/mol. The lowest BCUT2D eigenvalue weighted by molar-refractivity contribution is -0.137. The van der Waals surface area contributed by atoms with Gasteiger partial charge in [0.15, 0.2) is 11.6 Å². The first-order valence-corrected chi connectivity index (χ1v) is 4.19. The van der Waals surface area contributed by atoms with Crippen LogP contribution in [-0.2, 0) is 4.79 Å². The highest BCUT2D eigenvalue weighted by Crippen LogP contribution is 2.22. The molecule has 0 spiro atoms. The molecule has 3 nitrogen and oxygen atoms in total. The molecule has 1 rings (SSSR count). The van der Waals surface area contributed by atoms with E-state index in [2.05, 4.69) is 20.7 Å². The number of hydrogen-bond acceptors (Lipinski definition) is 3. The van der Waals surface area contributed by atoms with E-state index in [-0.39, 0.29) is 5.75 Å². The first-order valence-electron chi connectivity index (χ1n) is 3.40. The summed E-state index contributed by atoms with van der Waals surface area (Å²) in [6.45, 7) is -0.772. The average Bonchev–Trinajstić information content (AvgIpc) is 2.11. The normalized spacial score (nSPS) is 9.77. The second kappa shape index (κ2) is 4.34. The van der Waals surface area contributed by atoms with Crippen molar-refractivity contribution >= 4 is 21.9 Å². The zero-order chi connectivity index (χ0) is 9.84. The lowest BCUT2D eigenvalue weighted by Gasteiger charge is -2.03. The van der Waals surface area contributed by atoms with Crippen molar-refractivity contribution in [3.63, 3.8) is 0 Å². The number of aliphatic hydroxyl groups is 1. The van der Waals surface area contributed by atoms with Gasteiger partial charge in [-0.05, 0) is 18.2 Å².